The van der Waals surface area contributed by atoms with Gasteiger partial charge in [0.1, 0.15) is 5.82 Å². The highest BCUT2D eigenvalue weighted by Crippen LogP contribution is 2.21. The molecule has 0 amide bonds. The van der Waals surface area contributed by atoms with E-state index >= 15 is 0 Å². The lowest BCUT2D eigenvalue weighted by Gasteiger charge is -2.03. The quantitative estimate of drug-likeness (QED) is 0.729. The SMILES string of the molecule is CCC(=O)c1cc(C)c(F)c(Br)c1. The molecule has 0 radical (unpaired) electrons. The van der Waals surface area contributed by atoms with Crippen LogP contribution in [-0.4, -0.2) is 5.78 Å². The Balaban J connectivity index is 3.20. The molecule has 0 aliphatic carbocycles. The summed E-state index contributed by atoms with van der Waals surface area (Å²) >= 11 is 3.07. The van der Waals surface area contributed by atoms with Crippen molar-refractivity contribution in [2.45, 2.75) is 20.3 Å². The first-order chi connectivity index (χ1) is 6.06. The van der Waals surface area contributed by atoms with Crippen molar-refractivity contribution in [1.29, 1.82) is 0 Å². The molecule has 0 aromatic heterocycles. The van der Waals surface area contributed by atoms with Gasteiger partial charge in [0.15, 0.2) is 5.78 Å². The second kappa shape index (κ2) is 4.01. The van der Waals surface area contributed by atoms with E-state index in [-0.39, 0.29) is 11.6 Å². The zero-order chi connectivity index (χ0) is 10.0. The fourth-order valence-corrected chi connectivity index (χ4v) is 1.65. The molecule has 0 aliphatic rings. The van der Waals surface area contributed by atoms with Crippen molar-refractivity contribution in [1.82, 2.24) is 0 Å². The zero-order valence-electron chi connectivity index (χ0n) is 7.53. The van der Waals surface area contributed by atoms with E-state index in [2.05, 4.69) is 15.9 Å². The first-order valence-electron chi connectivity index (χ1n) is 4.05. The second-order valence-corrected chi connectivity index (χ2v) is 3.72. The monoisotopic (exact) mass is 244 g/mol. The Kier molecular flexibility index (Phi) is 3.20. The third-order valence-electron chi connectivity index (χ3n) is 1.85. The topological polar surface area (TPSA) is 17.1 Å². The predicted octanol–water partition coefficient (Wildman–Crippen LogP) is 3.49. The van der Waals surface area contributed by atoms with E-state index in [1.165, 1.54) is 6.07 Å². The number of carbonyl (C=O) groups is 1. The van der Waals surface area contributed by atoms with Crippen molar-refractivity contribution in [2.24, 2.45) is 0 Å². The van der Waals surface area contributed by atoms with Gasteiger partial charge in [0.2, 0.25) is 0 Å². The predicted molar refractivity (Wildman–Crippen MR) is 53.5 cm³/mol. The highest BCUT2D eigenvalue weighted by molar-refractivity contribution is 9.10. The minimum atomic E-state index is -0.298. The van der Waals surface area contributed by atoms with E-state index < -0.39 is 0 Å². The number of ketones is 1. The summed E-state index contributed by atoms with van der Waals surface area (Å²) in [5.41, 5.74) is 1.06. The van der Waals surface area contributed by atoms with E-state index in [4.69, 9.17) is 0 Å². The number of halogens is 2. The van der Waals surface area contributed by atoms with Gasteiger partial charge in [-0.05, 0) is 40.5 Å². The van der Waals surface area contributed by atoms with Crippen LogP contribution in [0.15, 0.2) is 16.6 Å². The van der Waals surface area contributed by atoms with Gasteiger partial charge in [0.25, 0.3) is 0 Å². The maximum atomic E-state index is 13.1. The molecule has 70 valence electrons. The maximum Gasteiger partial charge on any atom is 0.162 e. The van der Waals surface area contributed by atoms with Gasteiger partial charge in [0, 0.05) is 12.0 Å². The molecule has 0 spiro atoms. The first kappa shape index (κ1) is 10.4. The van der Waals surface area contributed by atoms with Crippen molar-refractivity contribution in [3.05, 3.63) is 33.5 Å². The number of hydrogen-bond acceptors (Lipinski definition) is 1. The van der Waals surface area contributed by atoms with Crippen LogP contribution in [0, 0.1) is 12.7 Å². The van der Waals surface area contributed by atoms with Crippen LogP contribution in [-0.2, 0) is 0 Å². The summed E-state index contributed by atoms with van der Waals surface area (Å²) in [6.45, 7) is 3.43. The molecule has 3 heteroatoms. The lowest BCUT2D eigenvalue weighted by Crippen LogP contribution is -1.98. The number of benzene rings is 1. The molecule has 0 heterocycles. The summed E-state index contributed by atoms with van der Waals surface area (Å²) in [5.74, 6) is -0.267. The van der Waals surface area contributed by atoms with E-state index in [1.54, 1.807) is 19.9 Å². The highest BCUT2D eigenvalue weighted by Gasteiger charge is 2.09. The van der Waals surface area contributed by atoms with Gasteiger partial charge in [-0.25, -0.2) is 4.39 Å². The van der Waals surface area contributed by atoms with Crippen LogP contribution in [0.2, 0.25) is 0 Å². The molecule has 1 aromatic carbocycles. The molecule has 0 fully saturated rings. The third-order valence-corrected chi connectivity index (χ3v) is 2.43. The minimum absolute atomic E-state index is 0.0313. The van der Waals surface area contributed by atoms with Crippen LogP contribution in [0.25, 0.3) is 0 Å². The Morgan fingerprint density at radius 1 is 1.54 bits per heavy atom. The summed E-state index contributed by atoms with van der Waals surface area (Å²) in [4.78, 5) is 11.3. The summed E-state index contributed by atoms with van der Waals surface area (Å²) in [7, 11) is 0. The first-order valence-corrected chi connectivity index (χ1v) is 4.84. The van der Waals surface area contributed by atoms with Crippen LogP contribution < -0.4 is 0 Å². The van der Waals surface area contributed by atoms with Crippen LogP contribution >= 0.6 is 15.9 Å². The zero-order valence-corrected chi connectivity index (χ0v) is 9.11. The van der Waals surface area contributed by atoms with Crippen LogP contribution in [0.1, 0.15) is 29.3 Å². The van der Waals surface area contributed by atoms with E-state index in [1.807, 2.05) is 0 Å². The van der Waals surface area contributed by atoms with Crippen LogP contribution in [0.3, 0.4) is 0 Å². The maximum absolute atomic E-state index is 13.1. The van der Waals surface area contributed by atoms with Crippen molar-refractivity contribution in [2.75, 3.05) is 0 Å². The van der Waals surface area contributed by atoms with E-state index in [0.29, 0.717) is 22.0 Å². The molecule has 1 rings (SSSR count). The highest BCUT2D eigenvalue weighted by atomic mass is 79.9. The van der Waals surface area contributed by atoms with E-state index in [9.17, 15) is 9.18 Å². The molecule has 0 N–H and O–H groups in total. The largest absolute Gasteiger partial charge is 0.294 e. The lowest BCUT2D eigenvalue weighted by atomic mass is 10.1. The number of Topliss-reactive ketones (excluding diaryl/α,β-unsaturated/α-hetero) is 1. The number of aryl methyl sites for hydroxylation is 1. The molecule has 13 heavy (non-hydrogen) atoms. The van der Waals surface area contributed by atoms with Gasteiger partial charge in [-0.1, -0.05) is 6.92 Å². The van der Waals surface area contributed by atoms with Crippen molar-refractivity contribution in [3.8, 4) is 0 Å². The summed E-state index contributed by atoms with van der Waals surface area (Å²) in [6.07, 6.45) is 0.442. The van der Waals surface area contributed by atoms with Gasteiger partial charge in [-0.2, -0.15) is 0 Å². The fraction of sp³-hybridized carbons (Fsp3) is 0.300. The molecule has 0 saturated carbocycles. The Morgan fingerprint density at radius 2 is 2.15 bits per heavy atom. The average Bonchev–Trinajstić information content (AvgIpc) is 2.12. The number of carbonyl (C=O) groups excluding carboxylic acids is 1. The molecule has 0 saturated heterocycles. The molecular formula is C10H10BrFO. The van der Waals surface area contributed by atoms with Gasteiger partial charge in [-0.3, -0.25) is 4.79 Å². The van der Waals surface area contributed by atoms with Crippen molar-refractivity contribution in [3.63, 3.8) is 0 Å². The van der Waals surface area contributed by atoms with Crippen molar-refractivity contribution >= 4 is 21.7 Å². The number of rotatable bonds is 2. The standard InChI is InChI=1S/C10H10BrFO/c1-3-9(13)7-4-6(2)10(12)8(11)5-7/h4-5H,3H2,1-2H3. The summed E-state index contributed by atoms with van der Waals surface area (Å²) < 4.78 is 13.5. The Bertz CT molecular complexity index is 324. The molecule has 1 aromatic rings. The van der Waals surface area contributed by atoms with Crippen molar-refractivity contribution < 1.29 is 9.18 Å². The molecule has 1 nitrogen and oxygen atoms in total. The second-order valence-electron chi connectivity index (χ2n) is 2.87. The molecule has 0 aliphatic heterocycles. The Morgan fingerprint density at radius 3 is 2.62 bits per heavy atom. The minimum Gasteiger partial charge on any atom is -0.294 e. The molecule has 0 unspecified atom stereocenters. The Hall–Kier alpha value is -0.700. The average molecular weight is 245 g/mol. The number of hydrogen-bond donors (Lipinski definition) is 0. The lowest BCUT2D eigenvalue weighted by molar-refractivity contribution is 0.0988. The summed E-state index contributed by atoms with van der Waals surface area (Å²) in [5, 5.41) is 0. The van der Waals surface area contributed by atoms with Crippen LogP contribution in [0.5, 0.6) is 0 Å². The van der Waals surface area contributed by atoms with Gasteiger partial charge in [0.05, 0.1) is 4.47 Å². The molecule has 0 bridgehead atoms. The summed E-state index contributed by atoms with van der Waals surface area (Å²) in [6, 6.07) is 3.10. The van der Waals surface area contributed by atoms with E-state index in [0.717, 1.165) is 0 Å². The third kappa shape index (κ3) is 2.15. The van der Waals surface area contributed by atoms with Gasteiger partial charge < -0.3 is 0 Å². The molecular weight excluding hydrogens is 235 g/mol. The van der Waals surface area contributed by atoms with Gasteiger partial charge >= 0.3 is 0 Å². The normalized spacial score (nSPS) is 10.2. The van der Waals surface area contributed by atoms with Gasteiger partial charge in [-0.15, -0.1) is 0 Å². The fourth-order valence-electron chi connectivity index (χ4n) is 1.09. The Labute approximate surface area is 85.1 Å². The van der Waals surface area contributed by atoms with Crippen LogP contribution in [0.4, 0.5) is 4.39 Å². The smallest absolute Gasteiger partial charge is 0.162 e. The molecule has 0 atom stereocenters.